The first-order valence-corrected chi connectivity index (χ1v) is 6.95. The van der Waals surface area contributed by atoms with Gasteiger partial charge in [0, 0.05) is 17.6 Å². The van der Waals surface area contributed by atoms with Crippen molar-refractivity contribution in [1.29, 1.82) is 0 Å². The first-order valence-electron chi connectivity index (χ1n) is 6.95. The van der Waals surface area contributed by atoms with Crippen molar-refractivity contribution in [3.8, 4) is 5.75 Å². The summed E-state index contributed by atoms with van der Waals surface area (Å²) in [5.74, 6) is 1.44. The van der Waals surface area contributed by atoms with Crippen LogP contribution in [0.1, 0.15) is 24.8 Å². The van der Waals surface area contributed by atoms with Crippen LogP contribution in [0.25, 0.3) is 0 Å². The summed E-state index contributed by atoms with van der Waals surface area (Å²) in [6.45, 7) is 2.16. The number of methoxy groups -OCH3 is 2. The average Bonchev–Trinajstić information content (AvgIpc) is 2.90. The van der Waals surface area contributed by atoms with Crippen LogP contribution < -0.4 is 4.74 Å². The van der Waals surface area contributed by atoms with Gasteiger partial charge in [-0.05, 0) is 37.1 Å². The van der Waals surface area contributed by atoms with Crippen molar-refractivity contribution in [3.05, 3.63) is 53.3 Å². The first kappa shape index (κ1) is 15.2. The number of ether oxygens (including phenoxy) is 3. The molecule has 0 radical (unpaired) electrons. The molecule has 2 rings (SSSR count). The molecule has 0 bridgehead atoms. The third-order valence-electron chi connectivity index (χ3n) is 3.45. The molecule has 112 valence electrons. The molecule has 1 unspecified atom stereocenters. The fourth-order valence-electron chi connectivity index (χ4n) is 2.41. The van der Waals surface area contributed by atoms with Gasteiger partial charge < -0.3 is 14.2 Å². The Morgan fingerprint density at radius 1 is 1.24 bits per heavy atom. The molecule has 0 aromatic heterocycles. The monoisotopic (exact) mass is 288 g/mol. The average molecular weight is 288 g/mol. The van der Waals surface area contributed by atoms with Gasteiger partial charge in [0.05, 0.1) is 20.8 Å². The Kier molecular flexibility index (Phi) is 5.04. The van der Waals surface area contributed by atoms with Crippen molar-refractivity contribution in [3.63, 3.8) is 0 Å². The van der Waals surface area contributed by atoms with Gasteiger partial charge in [0.25, 0.3) is 0 Å². The van der Waals surface area contributed by atoms with E-state index >= 15 is 0 Å². The molecule has 0 N–H and O–H groups in total. The van der Waals surface area contributed by atoms with Gasteiger partial charge >= 0.3 is 5.97 Å². The lowest BCUT2D eigenvalue weighted by Crippen LogP contribution is -2.02. The van der Waals surface area contributed by atoms with Crippen molar-refractivity contribution in [2.45, 2.75) is 19.3 Å². The zero-order valence-corrected chi connectivity index (χ0v) is 12.6. The predicted octanol–water partition coefficient (Wildman–Crippen LogP) is 3.20. The molecule has 0 aliphatic heterocycles. The third-order valence-corrected chi connectivity index (χ3v) is 3.45. The number of rotatable bonds is 5. The largest absolute Gasteiger partial charge is 0.497 e. The molecule has 0 saturated carbocycles. The lowest BCUT2D eigenvalue weighted by molar-refractivity contribution is -0.137. The smallest absolute Gasteiger partial charge is 0.331 e. The highest BCUT2D eigenvalue weighted by Crippen LogP contribution is 2.37. The van der Waals surface area contributed by atoms with Crippen LogP contribution >= 0.6 is 0 Å². The van der Waals surface area contributed by atoms with E-state index in [1.165, 1.54) is 6.08 Å². The molecule has 4 heteroatoms. The van der Waals surface area contributed by atoms with Gasteiger partial charge in [-0.25, -0.2) is 4.79 Å². The van der Waals surface area contributed by atoms with Crippen molar-refractivity contribution < 1.29 is 19.0 Å². The summed E-state index contributed by atoms with van der Waals surface area (Å²) in [6.07, 6.45) is 4.28. The summed E-state index contributed by atoms with van der Waals surface area (Å²) in [5.41, 5.74) is 2.04. The number of benzene rings is 1. The van der Waals surface area contributed by atoms with Crippen LogP contribution in [0, 0.1) is 0 Å². The molecular weight excluding hydrogens is 268 g/mol. The second-order valence-electron chi connectivity index (χ2n) is 4.74. The highest BCUT2D eigenvalue weighted by atomic mass is 16.5. The quantitative estimate of drug-likeness (QED) is 0.616. The minimum absolute atomic E-state index is 0.200. The van der Waals surface area contributed by atoms with Crippen LogP contribution in [0.15, 0.2) is 47.7 Å². The lowest BCUT2D eigenvalue weighted by Gasteiger charge is -2.08. The molecule has 21 heavy (non-hydrogen) atoms. The van der Waals surface area contributed by atoms with E-state index in [0.29, 0.717) is 6.61 Å². The van der Waals surface area contributed by atoms with E-state index in [2.05, 4.69) is 0 Å². The molecule has 1 aromatic carbocycles. The Hall–Kier alpha value is -2.23. The van der Waals surface area contributed by atoms with Gasteiger partial charge in [0.1, 0.15) is 11.5 Å². The van der Waals surface area contributed by atoms with Crippen LogP contribution in [0.5, 0.6) is 5.75 Å². The third kappa shape index (κ3) is 3.66. The van der Waals surface area contributed by atoms with E-state index in [1.54, 1.807) is 21.1 Å². The number of hydrogen-bond donors (Lipinski definition) is 0. The number of carbonyl (C=O) groups excluding carboxylic acids is 1. The maximum atomic E-state index is 11.6. The fraction of sp³-hybridized carbons (Fsp3) is 0.353. The molecule has 0 amide bonds. The van der Waals surface area contributed by atoms with Gasteiger partial charge in [-0.3, -0.25) is 0 Å². The Labute approximate surface area is 125 Å². The van der Waals surface area contributed by atoms with Gasteiger partial charge in [-0.2, -0.15) is 0 Å². The van der Waals surface area contributed by atoms with Crippen molar-refractivity contribution in [2.24, 2.45) is 0 Å². The Bertz CT molecular complexity index is 555. The zero-order valence-electron chi connectivity index (χ0n) is 12.6. The maximum absolute atomic E-state index is 11.6. The molecular formula is C17H20O4. The summed E-state index contributed by atoms with van der Waals surface area (Å²) in [7, 11) is 3.26. The fourth-order valence-corrected chi connectivity index (χ4v) is 2.41. The van der Waals surface area contributed by atoms with E-state index in [4.69, 9.17) is 14.2 Å². The predicted molar refractivity (Wildman–Crippen MR) is 80.2 cm³/mol. The van der Waals surface area contributed by atoms with Crippen LogP contribution in [0.4, 0.5) is 0 Å². The van der Waals surface area contributed by atoms with Gasteiger partial charge in [0.2, 0.25) is 0 Å². The Morgan fingerprint density at radius 3 is 2.52 bits per heavy atom. The van der Waals surface area contributed by atoms with Gasteiger partial charge in [-0.15, -0.1) is 0 Å². The second-order valence-corrected chi connectivity index (χ2v) is 4.74. The van der Waals surface area contributed by atoms with E-state index in [9.17, 15) is 4.79 Å². The van der Waals surface area contributed by atoms with Crippen LogP contribution in [-0.2, 0) is 14.3 Å². The summed E-state index contributed by atoms with van der Waals surface area (Å²) in [4.78, 5) is 11.6. The Morgan fingerprint density at radius 2 is 1.95 bits per heavy atom. The highest BCUT2D eigenvalue weighted by Gasteiger charge is 2.24. The molecule has 0 heterocycles. The van der Waals surface area contributed by atoms with E-state index in [1.807, 2.05) is 30.3 Å². The molecule has 4 nitrogen and oxygen atoms in total. The number of allylic oxidation sites excluding steroid dienone is 2. The standard InChI is InChI=1S/C17H20O4/c1-4-21-17(18)11-14-9-13(10-16(14)20-3)12-5-7-15(19-2)8-6-12/h5-8,10-11,13H,4,9H2,1-3H3/b14-11+. The first-order chi connectivity index (χ1) is 10.2. The van der Waals surface area contributed by atoms with Crippen LogP contribution in [-0.4, -0.2) is 26.8 Å². The van der Waals surface area contributed by atoms with Gasteiger partial charge in [-0.1, -0.05) is 12.1 Å². The normalized spacial score (nSPS) is 19.3. The number of hydrogen-bond acceptors (Lipinski definition) is 4. The zero-order chi connectivity index (χ0) is 15.2. The SMILES string of the molecule is CCOC(=O)/C=C1\CC(c2ccc(OC)cc2)C=C1OC. The van der Waals surface area contributed by atoms with Gasteiger partial charge in [0.15, 0.2) is 0 Å². The molecule has 1 aliphatic rings. The summed E-state index contributed by atoms with van der Waals surface area (Å²) < 4.78 is 15.5. The number of carbonyl (C=O) groups is 1. The lowest BCUT2D eigenvalue weighted by atomic mass is 9.97. The molecule has 1 aliphatic carbocycles. The summed E-state index contributed by atoms with van der Waals surface area (Å²) in [5, 5.41) is 0. The molecule has 1 aromatic rings. The van der Waals surface area contributed by atoms with Crippen molar-refractivity contribution >= 4 is 5.97 Å². The van der Waals surface area contributed by atoms with E-state index < -0.39 is 0 Å². The molecule has 0 spiro atoms. The Balaban J connectivity index is 2.17. The molecule has 1 atom stereocenters. The minimum Gasteiger partial charge on any atom is -0.497 e. The molecule has 0 fully saturated rings. The van der Waals surface area contributed by atoms with Crippen molar-refractivity contribution in [1.82, 2.24) is 0 Å². The van der Waals surface area contributed by atoms with Crippen LogP contribution in [0.2, 0.25) is 0 Å². The number of esters is 1. The minimum atomic E-state index is -0.328. The van der Waals surface area contributed by atoms with E-state index in [-0.39, 0.29) is 11.9 Å². The van der Waals surface area contributed by atoms with Crippen LogP contribution in [0.3, 0.4) is 0 Å². The second kappa shape index (κ2) is 6.97. The summed E-state index contributed by atoms with van der Waals surface area (Å²) >= 11 is 0. The topological polar surface area (TPSA) is 44.8 Å². The highest BCUT2D eigenvalue weighted by molar-refractivity contribution is 5.84. The maximum Gasteiger partial charge on any atom is 0.331 e. The molecule has 0 saturated heterocycles. The summed E-state index contributed by atoms with van der Waals surface area (Å²) in [6, 6.07) is 7.92. The van der Waals surface area contributed by atoms with E-state index in [0.717, 1.165) is 29.1 Å². The van der Waals surface area contributed by atoms with Crippen molar-refractivity contribution in [2.75, 3.05) is 20.8 Å².